The van der Waals surface area contributed by atoms with E-state index in [0.29, 0.717) is 0 Å². The van der Waals surface area contributed by atoms with E-state index in [2.05, 4.69) is 50.2 Å². The zero-order valence-corrected chi connectivity index (χ0v) is 101. The van der Waals surface area contributed by atoms with Gasteiger partial charge in [0, 0.05) is 36.4 Å². The number of ether oxygens (including phenoxy) is 6. The second-order valence-electron chi connectivity index (χ2n) is 21.2. The molecule has 1 saturated carbocycles. The van der Waals surface area contributed by atoms with Gasteiger partial charge in [-0.3, -0.25) is 0 Å². The van der Waals surface area contributed by atoms with Gasteiger partial charge in [-0.2, -0.15) is 0 Å². The van der Waals surface area contributed by atoms with Gasteiger partial charge in [0.05, 0.1) is 27.8 Å². The predicted octanol–water partition coefficient (Wildman–Crippen LogP) is -42.5. The standard InChI is InChI=1S/C48H36O60S12.12Na/c49-43(19-3-25(98-110(58,59)60)13-26(4-19)99-111(61,62)63)91-37-38(92-44(50)20-5-27(100-112(64,65)66)14-28(6-20)101-113(67,68)69)40(94-46(52)22-9-31(104-116(76,77)78)16-32(10-22)105-117(79,80)81)42(96-48(54)35-2-1-24(97-109(55,56)57)18-36(35)108-120(88,89)90)41(95-47(53)23-11-33(106-118(82,83)84)17-34(12-23)107-119(85,86)87)39(37)93-45(51)21-7-29(102-114(70,71)72)15-30(8-21)103-115(73,74)75;;;;;;;;;;;;/h1-18,37-42H,(H,55,56,57)(H,58,59,60)(H,61,62,63)(H,64,65,66)(H,67,68,69)(H,70,71,72)(H,73,74,75)(H,76,77,78)(H,79,80,81)(H,82,83,84)(H,85,86,87)(H,88,89,90);;;;;;;;;;;;/q;12*+1/p-12/t37?,38-,39+,40+,41-,42?;;;;;;;;;;;;. The summed E-state index contributed by atoms with van der Waals surface area (Å²) in [6, 6.07) is -2.50. The van der Waals surface area contributed by atoms with Gasteiger partial charge in [-0.15, -0.1) is 0 Å². The second kappa shape index (κ2) is 57.0. The van der Waals surface area contributed by atoms with Crippen molar-refractivity contribution in [1.82, 2.24) is 0 Å². The van der Waals surface area contributed by atoms with Gasteiger partial charge < -0.3 is 133 Å². The van der Waals surface area contributed by atoms with Gasteiger partial charge in [0.2, 0.25) is 0 Å². The maximum atomic E-state index is 15.2. The fourth-order valence-electron chi connectivity index (χ4n) is 9.20. The molecule has 1 aliphatic carbocycles. The van der Waals surface area contributed by atoms with Crippen LogP contribution in [0.25, 0.3) is 0 Å². The van der Waals surface area contributed by atoms with Crippen molar-refractivity contribution in [3.8, 4) is 69.0 Å². The van der Waals surface area contributed by atoms with Crippen molar-refractivity contribution in [2.45, 2.75) is 36.6 Å². The molecular formula is C48H24Na12O60S12. The fraction of sp³-hybridized carbons (Fsp3) is 0.125. The van der Waals surface area contributed by atoms with Gasteiger partial charge >= 0.3 is 391 Å². The van der Waals surface area contributed by atoms with E-state index >= 15 is 28.8 Å². The van der Waals surface area contributed by atoms with Crippen LogP contribution in [-0.2, 0) is 153 Å². The van der Waals surface area contributed by atoms with Gasteiger partial charge in [-0.1, -0.05) is 0 Å². The van der Waals surface area contributed by atoms with Gasteiger partial charge in [0.25, 0.3) is 125 Å². The first-order valence-corrected chi connectivity index (χ1v) is 44.2. The average molecular weight is 2220 g/mol. The van der Waals surface area contributed by atoms with Gasteiger partial charge in [0.1, 0.15) is 68.8 Å². The van der Waals surface area contributed by atoms with Crippen LogP contribution in [0.4, 0.5) is 0 Å². The van der Waals surface area contributed by atoms with Crippen molar-refractivity contribution in [1.29, 1.82) is 0 Å². The number of rotatable bonds is 36. The molecule has 132 heavy (non-hydrogen) atoms. The molecule has 0 radical (unpaired) electrons. The van der Waals surface area contributed by atoms with Gasteiger partial charge in [-0.05, 0) is 72.8 Å². The minimum absolute atomic E-state index is 0. The Bertz CT molecular complexity index is 6170. The van der Waals surface area contributed by atoms with Crippen molar-refractivity contribution in [2.24, 2.45) is 0 Å². The molecule has 6 atom stereocenters. The molecule has 60 nitrogen and oxygen atoms in total. The number of carbonyl (C=O) groups excluding carboxylic acids is 6. The van der Waals surface area contributed by atoms with Gasteiger partial charge in [-0.25, -0.2) is 130 Å². The topological polar surface area (TPSA) is 955 Å². The summed E-state index contributed by atoms with van der Waals surface area (Å²) in [6.07, 6.45) is -24.2. The van der Waals surface area contributed by atoms with Crippen molar-refractivity contribution < 1.29 is 618 Å². The smallest absolute Gasteiger partial charge is 0.716 e. The Balaban J connectivity index is -0.00000331. The van der Waals surface area contributed by atoms with Crippen LogP contribution in [0.15, 0.2) is 109 Å². The molecule has 2 unspecified atom stereocenters. The maximum Gasteiger partial charge on any atom is 1.00 e. The average Bonchev–Trinajstić information content (AvgIpc) is 0.743. The largest absolute Gasteiger partial charge is 1.00 e. The zero-order valence-electron chi connectivity index (χ0n) is 67.3. The van der Waals surface area contributed by atoms with Crippen LogP contribution >= 0.6 is 0 Å². The molecule has 6 aromatic carbocycles. The SMILES string of the molecule is O=C(OC1[C@@H](OC(=O)c2cc(OS(=O)(=O)[O-])cc(OS(=O)(=O)[O-])c2)[C@H](OC(=O)c2cc(OS(=O)(=O)[O-])cc(OS(=O)(=O)[O-])c2)C(OC(=O)c2ccc(OS(=O)(=O)[O-])cc2OS(=O)(=O)[O-])[C@H](OC(=O)c2cc(OS(=O)(=O)[O-])cc(OS(=O)(=O)[O-])c2)[C@H]1OC(=O)c1cc(OS(=O)(=O)[O-])cc(OS(=O)(=O)[O-])c1)c1cc(OS(=O)(=O)[O-])cc(OS(=O)(=O)[O-])c1.[Na+].[Na+].[Na+].[Na+].[Na+].[Na+].[Na+].[Na+].[Na+].[Na+].[Na+].[Na+]. The molecule has 1 fully saturated rings. The number of hydrogen-bond donors (Lipinski definition) is 0. The molecule has 0 saturated heterocycles. The van der Waals surface area contributed by atoms with E-state index < -0.39 is 300 Å². The van der Waals surface area contributed by atoms with Gasteiger partial charge in [0.15, 0.2) is 42.4 Å². The van der Waals surface area contributed by atoms with Crippen molar-refractivity contribution in [3.63, 3.8) is 0 Å². The van der Waals surface area contributed by atoms with Crippen LogP contribution in [0.5, 0.6) is 69.0 Å². The predicted molar refractivity (Wildman–Crippen MR) is 338 cm³/mol. The van der Waals surface area contributed by atoms with E-state index in [-0.39, 0.29) is 464 Å². The summed E-state index contributed by atoms with van der Waals surface area (Å²) in [4.78, 5) is 91.2. The van der Waals surface area contributed by atoms with Crippen LogP contribution in [0, 0.1) is 0 Å². The molecular weight excluding hydrogens is 2200 g/mol. The molecule has 660 valence electrons. The van der Waals surface area contributed by atoms with E-state index in [1.165, 1.54) is 0 Å². The van der Waals surface area contributed by atoms with Crippen LogP contribution in [0.3, 0.4) is 0 Å². The van der Waals surface area contributed by atoms with E-state index in [1.807, 2.05) is 0 Å². The van der Waals surface area contributed by atoms with Crippen LogP contribution < -0.4 is 405 Å². The number of hydrogen-bond acceptors (Lipinski definition) is 60. The van der Waals surface area contributed by atoms with E-state index in [0.717, 1.165) is 0 Å². The molecule has 0 aromatic heterocycles. The molecule has 1 aliphatic rings. The molecule has 84 heteroatoms. The maximum absolute atomic E-state index is 15.2. The summed E-state index contributed by atoms with van der Waals surface area (Å²) in [7, 11) is -76.0. The van der Waals surface area contributed by atoms with E-state index in [1.54, 1.807) is 0 Å². The Morgan fingerprint density at radius 1 is 0.174 bits per heavy atom. The van der Waals surface area contributed by atoms with Crippen LogP contribution in [-0.4, -0.2) is 228 Å². The Hall–Kier alpha value is 0.660. The van der Waals surface area contributed by atoms with Crippen molar-refractivity contribution >= 4 is 161 Å². The summed E-state index contributed by atoms with van der Waals surface area (Å²) in [5, 5.41) is 0. The molecule has 0 aliphatic heterocycles. The minimum Gasteiger partial charge on any atom is -0.716 e. The monoisotopic (exact) mass is 2220 g/mol. The Kier molecular flexibility index (Phi) is 61.8. The number of benzene rings is 6. The van der Waals surface area contributed by atoms with Crippen molar-refractivity contribution in [3.05, 3.63) is 143 Å². The summed E-state index contributed by atoms with van der Waals surface area (Å²) in [5.41, 5.74) is -11.2. The van der Waals surface area contributed by atoms with Crippen LogP contribution in [0.1, 0.15) is 62.1 Å². The second-order valence-corrected chi connectivity index (χ2v) is 33.0. The summed E-state index contributed by atoms with van der Waals surface area (Å²) >= 11 is 0. The molecule has 0 spiro atoms. The summed E-state index contributed by atoms with van der Waals surface area (Å²) < 4.78 is 513. The third-order valence-corrected chi connectivity index (χ3v) is 17.3. The Morgan fingerprint density at radius 2 is 0.303 bits per heavy atom. The van der Waals surface area contributed by atoms with E-state index in [9.17, 15) is 156 Å². The summed E-state index contributed by atoms with van der Waals surface area (Å²) in [6.45, 7) is 0. The first kappa shape index (κ1) is 143. The summed E-state index contributed by atoms with van der Waals surface area (Å²) in [5.74, 6) is -37.8. The molecule has 7 rings (SSSR count). The first-order valence-electron chi connectivity index (χ1n) is 28.2. The third kappa shape index (κ3) is 51.9. The molecule has 0 heterocycles. The molecule has 6 aromatic rings. The molecule has 0 amide bonds. The van der Waals surface area contributed by atoms with E-state index in [4.69, 9.17) is 28.4 Å². The first-order chi connectivity index (χ1) is 54.2. The molecule has 0 bridgehead atoms. The quantitative estimate of drug-likeness (QED) is 0.0116. The normalized spacial score (nSPS) is 15.5. The molecule has 0 N–H and O–H groups in total. The number of carbonyl (C=O) groups is 6. The zero-order chi connectivity index (χ0) is 90.8. The fourth-order valence-corrected chi connectivity index (χ4v) is 13.2. The minimum atomic E-state index is -6.58. The number of esters is 6. The Labute approximate surface area is 1010 Å². The third-order valence-electron chi connectivity index (χ3n) is 12.5. The van der Waals surface area contributed by atoms with Crippen molar-refractivity contribution in [2.75, 3.05) is 0 Å². The Morgan fingerprint density at radius 3 is 0.439 bits per heavy atom. The van der Waals surface area contributed by atoms with Crippen LogP contribution in [0.2, 0.25) is 0 Å².